The van der Waals surface area contributed by atoms with Gasteiger partial charge in [-0.15, -0.1) is 5.10 Å². The van der Waals surface area contributed by atoms with E-state index in [-0.39, 0.29) is 5.41 Å². The van der Waals surface area contributed by atoms with Crippen molar-refractivity contribution < 1.29 is 4.74 Å². The van der Waals surface area contributed by atoms with E-state index in [0.29, 0.717) is 19.2 Å². The van der Waals surface area contributed by atoms with Gasteiger partial charge >= 0.3 is 0 Å². The smallest absolute Gasteiger partial charge is 0.120 e. The fourth-order valence-corrected chi connectivity index (χ4v) is 1.88. The second-order valence-corrected chi connectivity index (χ2v) is 6.78. The van der Waals surface area contributed by atoms with Crippen molar-refractivity contribution in [1.29, 1.82) is 0 Å². The molecular weight excluding hydrogens is 290 g/mol. The minimum Gasteiger partial charge on any atom is -0.361 e. The Hall–Kier alpha value is -0.980. The molecule has 0 aliphatic carbocycles. The Kier molecular flexibility index (Phi) is 9.58. The lowest BCUT2D eigenvalue weighted by Crippen LogP contribution is -2.54. The van der Waals surface area contributed by atoms with Gasteiger partial charge in [0.15, 0.2) is 0 Å². The first-order chi connectivity index (χ1) is 10.7. The summed E-state index contributed by atoms with van der Waals surface area (Å²) in [7, 11) is 0. The third-order valence-corrected chi connectivity index (χ3v) is 3.78. The van der Waals surface area contributed by atoms with Crippen LogP contribution in [0.1, 0.15) is 67.5 Å². The van der Waals surface area contributed by atoms with E-state index in [1.54, 1.807) is 0 Å². The number of nitrogens with zero attached hydrogens (tertiary/aromatic N) is 3. The van der Waals surface area contributed by atoms with Crippen molar-refractivity contribution in [3.8, 4) is 0 Å². The molecule has 0 aromatic carbocycles. The van der Waals surface area contributed by atoms with E-state index in [1.165, 1.54) is 0 Å². The van der Waals surface area contributed by atoms with E-state index in [0.717, 1.165) is 18.7 Å². The van der Waals surface area contributed by atoms with Crippen molar-refractivity contribution in [1.82, 2.24) is 20.3 Å². The topological polar surface area (TPSA) is 78.0 Å². The number of nitrogens with one attached hydrogen (secondary N) is 1. The van der Waals surface area contributed by atoms with Crippen LogP contribution in [0, 0.1) is 5.41 Å². The van der Waals surface area contributed by atoms with Crippen molar-refractivity contribution in [2.75, 3.05) is 6.61 Å². The summed E-state index contributed by atoms with van der Waals surface area (Å²) in [5.74, 6) is 0. The minimum atomic E-state index is -0.703. The maximum Gasteiger partial charge on any atom is 0.120 e. The largest absolute Gasteiger partial charge is 0.361 e. The molecule has 1 atom stereocenters. The van der Waals surface area contributed by atoms with Gasteiger partial charge in [-0.05, 0) is 13.3 Å². The monoisotopic (exact) mass is 327 g/mol. The Balaban J connectivity index is 0.00000232. The SMILES string of the molecule is CC.CCCOC(C)(N)C(C)(C)Cn1cc(CNC(C)C)nn1. The quantitative estimate of drug-likeness (QED) is 0.682. The third kappa shape index (κ3) is 7.42. The molecule has 0 bridgehead atoms. The first kappa shape index (κ1) is 22.0. The summed E-state index contributed by atoms with van der Waals surface area (Å²) < 4.78 is 7.65. The van der Waals surface area contributed by atoms with Crippen LogP contribution in [-0.4, -0.2) is 33.4 Å². The van der Waals surface area contributed by atoms with Crippen LogP contribution >= 0.6 is 0 Å². The molecule has 0 saturated carbocycles. The molecule has 1 aromatic rings. The maximum absolute atomic E-state index is 6.34. The molecule has 1 rings (SSSR count). The van der Waals surface area contributed by atoms with Crippen LogP contribution in [0.25, 0.3) is 0 Å². The second-order valence-electron chi connectivity index (χ2n) is 6.78. The molecule has 1 aromatic heterocycles. The highest BCUT2D eigenvalue weighted by atomic mass is 16.5. The van der Waals surface area contributed by atoms with Crippen LogP contribution in [0.3, 0.4) is 0 Å². The molecule has 0 aliphatic rings. The molecule has 0 fully saturated rings. The highest BCUT2D eigenvalue weighted by Crippen LogP contribution is 2.31. The molecule has 0 radical (unpaired) electrons. The van der Waals surface area contributed by atoms with E-state index >= 15 is 0 Å². The fraction of sp³-hybridized carbons (Fsp3) is 0.882. The third-order valence-electron chi connectivity index (χ3n) is 3.78. The Morgan fingerprint density at radius 2 is 1.91 bits per heavy atom. The molecule has 1 heterocycles. The fourth-order valence-electron chi connectivity index (χ4n) is 1.88. The Bertz CT molecular complexity index is 426. The molecule has 0 amide bonds. The van der Waals surface area contributed by atoms with Gasteiger partial charge in [-0.25, -0.2) is 0 Å². The number of rotatable bonds is 9. The minimum absolute atomic E-state index is 0.251. The van der Waals surface area contributed by atoms with Crippen LogP contribution in [0.2, 0.25) is 0 Å². The summed E-state index contributed by atoms with van der Waals surface area (Å²) in [6, 6.07) is 0.432. The van der Waals surface area contributed by atoms with Gasteiger partial charge in [-0.2, -0.15) is 0 Å². The van der Waals surface area contributed by atoms with E-state index in [9.17, 15) is 0 Å². The van der Waals surface area contributed by atoms with Gasteiger partial charge in [0, 0.05) is 30.8 Å². The lowest BCUT2D eigenvalue weighted by atomic mass is 9.82. The van der Waals surface area contributed by atoms with Gasteiger partial charge in [-0.1, -0.05) is 53.7 Å². The van der Waals surface area contributed by atoms with E-state index in [1.807, 2.05) is 31.6 Å². The molecule has 1 unspecified atom stereocenters. The van der Waals surface area contributed by atoms with Crippen LogP contribution in [0.4, 0.5) is 0 Å². The van der Waals surface area contributed by atoms with Crippen LogP contribution in [0.15, 0.2) is 6.20 Å². The Labute approximate surface area is 142 Å². The number of nitrogens with two attached hydrogens (primary N) is 1. The van der Waals surface area contributed by atoms with Crippen LogP contribution < -0.4 is 11.1 Å². The van der Waals surface area contributed by atoms with Crippen molar-refractivity contribution in [3.05, 3.63) is 11.9 Å². The summed E-state index contributed by atoms with van der Waals surface area (Å²) in [4.78, 5) is 0. The first-order valence-electron chi connectivity index (χ1n) is 8.73. The average molecular weight is 328 g/mol. The van der Waals surface area contributed by atoms with Crippen LogP contribution in [-0.2, 0) is 17.8 Å². The predicted octanol–water partition coefficient (Wildman–Crippen LogP) is 2.93. The van der Waals surface area contributed by atoms with Crippen molar-refractivity contribution in [2.24, 2.45) is 11.1 Å². The average Bonchev–Trinajstić information content (AvgIpc) is 2.91. The molecule has 0 aliphatic heterocycles. The van der Waals surface area contributed by atoms with Crippen molar-refractivity contribution in [2.45, 2.75) is 86.7 Å². The summed E-state index contributed by atoms with van der Waals surface area (Å²) in [5.41, 5.74) is 6.32. The molecule has 3 N–H and O–H groups in total. The summed E-state index contributed by atoms with van der Waals surface area (Å²) >= 11 is 0. The Morgan fingerprint density at radius 3 is 2.43 bits per heavy atom. The predicted molar refractivity (Wildman–Crippen MR) is 96.0 cm³/mol. The lowest BCUT2D eigenvalue weighted by molar-refractivity contribution is -0.114. The van der Waals surface area contributed by atoms with E-state index in [4.69, 9.17) is 10.5 Å². The van der Waals surface area contributed by atoms with E-state index in [2.05, 4.69) is 50.2 Å². The normalized spacial score (nSPS) is 14.3. The summed E-state index contributed by atoms with van der Waals surface area (Å²) in [6.45, 7) is 18.5. The zero-order valence-electron chi connectivity index (χ0n) is 16.3. The standard InChI is InChI=1S/C15H31N5O.C2H6/c1-7-8-21-15(6,16)14(4,5)11-20-10-13(18-19-20)9-17-12(2)3;1-2/h10,12,17H,7-9,11,16H2,1-6H3;1-2H3. The van der Waals surface area contributed by atoms with Gasteiger partial charge in [0.1, 0.15) is 5.72 Å². The van der Waals surface area contributed by atoms with Gasteiger partial charge in [0.05, 0.1) is 12.2 Å². The maximum atomic E-state index is 6.34. The molecule has 6 nitrogen and oxygen atoms in total. The van der Waals surface area contributed by atoms with Gasteiger partial charge in [-0.3, -0.25) is 4.68 Å². The second kappa shape index (κ2) is 10.0. The molecule has 0 spiro atoms. The molecular formula is C17H37N5O. The number of hydrogen-bond acceptors (Lipinski definition) is 5. The number of ether oxygens (including phenoxy) is 1. The number of aromatic nitrogens is 3. The van der Waals surface area contributed by atoms with E-state index < -0.39 is 5.72 Å². The zero-order valence-corrected chi connectivity index (χ0v) is 16.3. The summed E-state index contributed by atoms with van der Waals surface area (Å²) in [6.07, 6.45) is 2.92. The zero-order chi connectivity index (χ0) is 18.1. The Morgan fingerprint density at radius 1 is 1.30 bits per heavy atom. The number of hydrogen-bond donors (Lipinski definition) is 2. The molecule has 136 valence electrons. The molecule has 0 saturated heterocycles. The molecule has 6 heteroatoms. The highest BCUT2D eigenvalue weighted by Gasteiger charge is 2.39. The van der Waals surface area contributed by atoms with Crippen molar-refractivity contribution >= 4 is 0 Å². The lowest BCUT2D eigenvalue weighted by Gasteiger charge is -2.40. The van der Waals surface area contributed by atoms with Gasteiger partial charge in [0.2, 0.25) is 0 Å². The van der Waals surface area contributed by atoms with Crippen molar-refractivity contribution in [3.63, 3.8) is 0 Å². The van der Waals surface area contributed by atoms with Gasteiger partial charge in [0.25, 0.3) is 0 Å². The first-order valence-corrected chi connectivity index (χ1v) is 8.73. The molecule has 23 heavy (non-hydrogen) atoms. The van der Waals surface area contributed by atoms with Gasteiger partial charge < -0.3 is 15.8 Å². The summed E-state index contributed by atoms with van der Waals surface area (Å²) in [5, 5.41) is 11.7. The highest BCUT2D eigenvalue weighted by molar-refractivity contribution is 4.94. The van der Waals surface area contributed by atoms with Crippen LogP contribution in [0.5, 0.6) is 0 Å².